The monoisotopic (exact) mass is 344 g/mol. The summed E-state index contributed by atoms with van der Waals surface area (Å²) in [6, 6.07) is 19.0. The lowest BCUT2D eigenvalue weighted by Gasteiger charge is -2.15. The minimum atomic E-state index is 0.255. The third kappa shape index (κ3) is 3.55. The molecule has 0 spiro atoms. The van der Waals surface area contributed by atoms with Gasteiger partial charge in [-0.3, -0.25) is 0 Å². The third-order valence-electron chi connectivity index (χ3n) is 4.39. The lowest BCUT2D eigenvalue weighted by molar-refractivity contribution is 0.574. The predicted molar refractivity (Wildman–Crippen MR) is 100 cm³/mol. The number of hydrogen-bond acceptors (Lipinski definition) is 4. The maximum absolute atomic E-state index is 4.25. The fourth-order valence-corrected chi connectivity index (χ4v) is 2.83. The van der Waals surface area contributed by atoms with E-state index in [1.165, 1.54) is 17.5 Å². The molecule has 1 atom stereocenters. The standard InChI is InChI=1S/C20H20N6/c1-16(18-5-9-20(10-6-18)26-15-21-14-24-26)22-13-17-3-7-19(8-4-17)25-12-2-11-23-25/h2-12,14-16,22H,13H2,1H3. The van der Waals surface area contributed by atoms with Gasteiger partial charge in [0.15, 0.2) is 0 Å². The van der Waals surface area contributed by atoms with Crippen LogP contribution >= 0.6 is 0 Å². The Morgan fingerprint density at radius 3 is 2.31 bits per heavy atom. The molecule has 0 amide bonds. The van der Waals surface area contributed by atoms with Crippen molar-refractivity contribution in [3.8, 4) is 11.4 Å². The highest BCUT2D eigenvalue weighted by Gasteiger charge is 2.06. The van der Waals surface area contributed by atoms with E-state index < -0.39 is 0 Å². The van der Waals surface area contributed by atoms with Crippen molar-refractivity contribution in [2.75, 3.05) is 0 Å². The van der Waals surface area contributed by atoms with Crippen LogP contribution < -0.4 is 5.32 Å². The Balaban J connectivity index is 1.37. The highest BCUT2D eigenvalue weighted by Crippen LogP contribution is 2.16. The summed E-state index contributed by atoms with van der Waals surface area (Å²) >= 11 is 0. The smallest absolute Gasteiger partial charge is 0.138 e. The first-order chi connectivity index (χ1) is 12.8. The zero-order chi connectivity index (χ0) is 17.8. The van der Waals surface area contributed by atoms with Gasteiger partial charge < -0.3 is 5.32 Å². The summed E-state index contributed by atoms with van der Waals surface area (Å²) in [7, 11) is 0. The third-order valence-corrected chi connectivity index (χ3v) is 4.39. The van der Waals surface area contributed by atoms with Crippen LogP contribution in [0, 0.1) is 0 Å². The maximum Gasteiger partial charge on any atom is 0.138 e. The highest BCUT2D eigenvalue weighted by molar-refractivity contribution is 5.35. The van der Waals surface area contributed by atoms with Crippen molar-refractivity contribution in [1.82, 2.24) is 29.9 Å². The molecule has 6 nitrogen and oxygen atoms in total. The van der Waals surface area contributed by atoms with Crippen molar-refractivity contribution in [2.24, 2.45) is 0 Å². The van der Waals surface area contributed by atoms with Crippen LogP contribution in [0.15, 0.2) is 79.6 Å². The van der Waals surface area contributed by atoms with Crippen molar-refractivity contribution in [1.29, 1.82) is 0 Å². The van der Waals surface area contributed by atoms with E-state index in [9.17, 15) is 0 Å². The Morgan fingerprint density at radius 2 is 1.65 bits per heavy atom. The number of nitrogens with one attached hydrogen (secondary N) is 1. The average Bonchev–Trinajstić information content (AvgIpc) is 3.40. The first-order valence-electron chi connectivity index (χ1n) is 8.57. The van der Waals surface area contributed by atoms with Gasteiger partial charge in [-0.15, -0.1) is 0 Å². The molecule has 2 aromatic heterocycles. The van der Waals surface area contributed by atoms with Gasteiger partial charge in [0, 0.05) is 25.0 Å². The molecule has 0 radical (unpaired) electrons. The molecule has 1 N–H and O–H groups in total. The lowest BCUT2D eigenvalue weighted by atomic mass is 10.1. The van der Waals surface area contributed by atoms with E-state index in [2.05, 4.69) is 76.0 Å². The summed E-state index contributed by atoms with van der Waals surface area (Å²) in [6.07, 6.45) is 6.96. The first-order valence-corrected chi connectivity index (χ1v) is 8.57. The van der Waals surface area contributed by atoms with Crippen LogP contribution in [0.5, 0.6) is 0 Å². The molecule has 0 aliphatic rings. The Labute approximate surface area is 152 Å². The van der Waals surface area contributed by atoms with Crippen molar-refractivity contribution >= 4 is 0 Å². The molecule has 6 heteroatoms. The number of rotatable bonds is 6. The van der Waals surface area contributed by atoms with Crippen LogP contribution in [-0.4, -0.2) is 24.5 Å². The Hall–Kier alpha value is -3.25. The van der Waals surface area contributed by atoms with Crippen LogP contribution in [0.1, 0.15) is 24.1 Å². The van der Waals surface area contributed by atoms with E-state index in [0.29, 0.717) is 0 Å². The van der Waals surface area contributed by atoms with Gasteiger partial charge in [-0.25, -0.2) is 14.3 Å². The number of aromatic nitrogens is 5. The second-order valence-electron chi connectivity index (χ2n) is 6.15. The average molecular weight is 344 g/mol. The molecule has 0 saturated heterocycles. The first kappa shape index (κ1) is 16.2. The Kier molecular flexibility index (Phi) is 4.57. The van der Waals surface area contributed by atoms with E-state index in [0.717, 1.165) is 17.9 Å². The van der Waals surface area contributed by atoms with Gasteiger partial charge in [-0.2, -0.15) is 10.2 Å². The molecule has 0 fully saturated rings. The van der Waals surface area contributed by atoms with Crippen molar-refractivity contribution in [3.63, 3.8) is 0 Å². The second-order valence-corrected chi connectivity index (χ2v) is 6.15. The van der Waals surface area contributed by atoms with Gasteiger partial charge in [0.25, 0.3) is 0 Å². The SMILES string of the molecule is CC(NCc1ccc(-n2cccn2)cc1)c1ccc(-n2cncn2)cc1. The van der Waals surface area contributed by atoms with E-state index >= 15 is 0 Å². The van der Waals surface area contributed by atoms with Gasteiger partial charge >= 0.3 is 0 Å². The molecular weight excluding hydrogens is 324 g/mol. The van der Waals surface area contributed by atoms with Gasteiger partial charge in [0.2, 0.25) is 0 Å². The van der Waals surface area contributed by atoms with Crippen molar-refractivity contribution in [2.45, 2.75) is 19.5 Å². The van der Waals surface area contributed by atoms with Crippen LogP contribution in [0.4, 0.5) is 0 Å². The van der Waals surface area contributed by atoms with Gasteiger partial charge in [-0.1, -0.05) is 24.3 Å². The van der Waals surface area contributed by atoms with E-state index in [-0.39, 0.29) is 6.04 Å². The van der Waals surface area contributed by atoms with E-state index in [4.69, 9.17) is 0 Å². The minimum absolute atomic E-state index is 0.255. The van der Waals surface area contributed by atoms with Crippen LogP contribution in [0.25, 0.3) is 11.4 Å². The van der Waals surface area contributed by atoms with Gasteiger partial charge in [0.1, 0.15) is 12.7 Å². The molecular formula is C20H20N6. The molecule has 1 unspecified atom stereocenters. The summed E-state index contributed by atoms with van der Waals surface area (Å²) in [4.78, 5) is 3.98. The molecule has 4 aromatic rings. The minimum Gasteiger partial charge on any atom is -0.306 e. The zero-order valence-corrected chi connectivity index (χ0v) is 14.5. The molecule has 0 saturated carbocycles. The lowest BCUT2D eigenvalue weighted by Crippen LogP contribution is -2.18. The molecule has 0 aliphatic carbocycles. The summed E-state index contributed by atoms with van der Waals surface area (Å²) < 4.78 is 3.61. The summed E-state index contributed by atoms with van der Waals surface area (Å²) in [5.74, 6) is 0. The molecule has 0 bridgehead atoms. The largest absolute Gasteiger partial charge is 0.306 e. The van der Waals surface area contributed by atoms with Crippen LogP contribution in [0.2, 0.25) is 0 Å². The summed E-state index contributed by atoms with van der Waals surface area (Å²) in [6.45, 7) is 2.98. The van der Waals surface area contributed by atoms with Crippen molar-refractivity contribution in [3.05, 3.63) is 90.8 Å². The summed E-state index contributed by atoms with van der Waals surface area (Å²) in [5, 5.41) is 12.0. The normalized spacial score (nSPS) is 12.2. The molecule has 4 rings (SSSR count). The number of hydrogen-bond donors (Lipinski definition) is 1. The number of nitrogens with zero attached hydrogens (tertiary/aromatic N) is 5. The second kappa shape index (κ2) is 7.33. The molecule has 2 aromatic carbocycles. The fraction of sp³-hybridized carbons (Fsp3) is 0.150. The Bertz CT molecular complexity index is 925. The van der Waals surface area contributed by atoms with E-state index in [1.54, 1.807) is 17.2 Å². The van der Waals surface area contributed by atoms with Crippen molar-refractivity contribution < 1.29 is 0 Å². The zero-order valence-electron chi connectivity index (χ0n) is 14.5. The molecule has 2 heterocycles. The maximum atomic E-state index is 4.25. The quantitative estimate of drug-likeness (QED) is 0.583. The van der Waals surface area contributed by atoms with Gasteiger partial charge in [-0.05, 0) is 48.4 Å². The number of benzene rings is 2. The van der Waals surface area contributed by atoms with Crippen LogP contribution in [-0.2, 0) is 6.54 Å². The van der Waals surface area contributed by atoms with Gasteiger partial charge in [0.05, 0.1) is 11.4 Å². The molecule has 26 heavy (non-hydrogen) atoms. The molecule has 0 aliphatic heterocycles. The Morgan fingerprint density at radius 1 is 0.923 bits per heavy atom. The summed E-state index contributed by atoms with van der Waals surface area (Å²) in [5.41, 5.74) is 4.55. The highest BCUT2D eigenvalue weighted by atomic mass is 15.3. The predicted octanol–water partition coefficient (Wildman–Crippen LogP) is 3.30. The van der Waals surface area contributed by atoms with Crippen LogP contribution in [0.3, 0.4) is 0 Å². The van der Waals surface area contributed by atoms with E-state index in [1.807, 2.05) is 16.9 Å². The molecule has 130 valence electrons. The fourth-order valence-electron chi connectivity index (χ4n) is 2.83. The topological polar surface area (TPSA) is 60.6 Å².